The van der Waals surface area contributed by atoms with Crippen molar-refractivity contribution in [3.05, 3.63) is 117 Å². The molecule has 0 aliphatic carbocycles. The van der Waals surface area contributed by atoms with Gasteiger partial charge in [-0.05, 0) is 60.2 Å². The third-order valence-corrected chi connectivity index (χ3v) is 10.5. The van der Waals surface area contributed by atoms with E-state index in [9.17, 15) is 24.0 Å². The summed E-state index contributed by atoms with van der Waals surface area (Å²) in [4.78, 5) is 70.0. The molecule has 2 aliphatic heterocycles. The summed E-state index contributed by atoms with van der Waals surface area (Å²) >= 11 is 2.15. The monoisotopic (exact) mass is 665 g/mol. The number of thioether (sulfide) groups is 1. The van der Waals surface area contributed by atoms with Gasteiger partial charge < -0.3 is 19.8 Å². The van der Waals surface area contributed by atoms with Crippen molar-refractivity contribution in [1.82, 2.24) is 4.98 Å². The molecule has 1 saturated heterocycles. The molecule has 1 fully saturated rings. The number of hydrogen-bond acceptors (Lipinski definition) is 9. The summed E-state index contributed by atoms with van der Waals surface area (Å²) in [5.74, 6) is -2.92. The number of para-hydroxylation sites is 1. The number of amides is 3. The van der Waals surface area contributed by atoms with Crippen molar-refractivity contribution in [2.75, 3.05) is 23.4 Å². The number of carbonyl (C=O) groups excluding carboxylic acids is 4. The molecular weight excluding hydrogens is 639 g/mol. The van der Waals surface area contributed by atoms with Gasteiger partial charge in [0.25, 0.3) is 5.91 Å². The number of benzene rings is 4. The maximum atomic E-state index is 14.2. The Balaban J connectivity index is 1.17. The quantitative estimate of drug-likeness (QED) is 0.162. The van der Waals surface area contributed by atoms with E-state index in [-0.39, 0.29) is 24.0 Å². The third kappa shape index (κ3) is 5.70. The molecule has 3 amide bonds. The number of thiazole rings is 1. The summed E-state index contributed by atoms with van der Waals surface area (Å²) in [5, 5.41) is 4.61. The van der Waals surface area contributed by atoms with Crippen LogP contribution >= 0.6 is 23.1 Å². The first-order valence-corrected chi connectivity index (χ1v) is 16.6. The smallest absolute Gasteiger partial charge is 0.338 e. The highest BCUT2D eigenvalue weighted by molar-refractivity contribution is 8.00. The highest BCUT2D eigenvalue weighted by Crippen LogP contribution is 2.54. The fourth-order valence-corrected chi connectivity index (χ4v) is 8.55. The van der Waals surface area contributed by atoms with Crippen molar-refractivity contribution in [2.45, 2.75) is 23.1 Å². The molecule has 2 aliphatic rings. The van der Waals surface area contributed by atoms with Crippen LogP contribution in [0.4, 0.5) is 11.4 Å². The molecule has 3 heterocycles. The fourth-order valence-electron chi connectivity index (χ4n) is 6.04. The van der Waals surface area contributed by atoms with Gasteiger partial charge in [-0.2, -0.15) is 0 Å². The second kappa shape index (κ2) is 12.5. The van der Waals surface area contributed by atoms with Crippen LogP contribution in [0.3, 0.4) is 0 Å². The Bertz CT molecular complexity index is 2110. The molecule has 10 nitrogen and oxygen atoms in total. The van der Waals surface area contributed by atoms with Gasteiger partial charge in [0.1, 0.15) is 11.0 Å². The summed E-state index contributed by atoms with van der Waals surface area (Å²) in [6.45, 7) is 1.62. The van der Waals surface area contributed by atoms with Crippen LogP contribution in [0.2, 0.25) is 0 Å². The maximum Gasteiger partial charge on any atom is 0.338 e. The highest BCUT2D eigenvalue weighted by atomic mass is 32.2. The predicted octanol–water partition coefficient (Wildman–Crippen LogP) is 5.58. The Morgan fingerprint density at radius 3 is 2.43 bits per heavy atom. The van der Waals surface area contributed by atoms with Gasteiger partial charge in [0, 0.05) is 22.0 Å². The largest absolute Gasteiger partial charge is 0.483 e. The lowest BCUT2D eigenvalue weighted by Gasteiger charge is -2.30. The first-order chi connectivity index (χ1) is 22.8. The molecule has 47 heavy (non-hydrogen) atoms. The molecule has 0 saturated carbocycles. The molecule has 0 spiro atoms. The van der Waals surface area contributed by atoms with Gasteiger partial charge in [0.15, 0.2) is 6.61 Å². The SMILES string of the molecule is CCOC(=O)c1ccc(N2C(=O)C3Sc4[nH]c(=O)sc4C(c4ccccc4OCC(=O)Nc4ccc5ccccc5c4)C3C2=O)cc1. The number of nitrogens with zero attached hydrogens (tertiary/aromatic N) is 1. The van der Waals surface area contributed by atoms with Gasteiger partial charge in [0.05, 0.1) is 28.8 Å². The predicted molar refractivity (Wildman–Crippen MR) is 179 cm³/mol. The van der Waals surface area contributed by atoms with E-state index in [1.54, 1.807) is 43.3 Å². The second-order valence-electron chi connectivity index (χ2n) is 11.0. The molecule has 5 aromatic rings. The molecule has 2 N–H and O–H groups in total. The van der Waals surface area contributed by atoms with Crippen molar-refractivity contribution >= 4 is 68.9 Å². The van der Waals surface area contributed by atoms with E-state index in [2.05, 4.69) is 10.3 Å². The fraction of sp³-hybridized carbons (Fsp3) is 0.171. The first-order valence-electron chi connectivity index (χ1n) is 14.9. The molecule has 3 atom stereocenters. The minimum atomic E-state index is -0.854. The van der Waals surface area contributed by atoms with Gasteiger partial charge in [-0.25, -0.2) is 9.69 Å². The zero-order chi connectivity index (χ0) is 32.7. The van der Waals surface area contributed by atoms with Crippen molar-refractivity contribution < 1.29 is 28.7 Å². The number of imide groups is 1. The van der Waals surface area contributed by atoms with E-state index < -0.39 is 34.9 Å². The molecule has 0 radical (unpaired) electrons. The lowest BCUT2D eigenvalue weighted by molar-refractivity contribution is -0.122. The number of carbonyl (C=O) groups is 4. The van der Waals surface area contributed by atoms with Gasteiger partial charge in [0.2, 0.25) is 11.8 Å². The number of aromatic nitrogens is 1. The number of aromatic amines is 1. The lowest BCUT2D eigenvalue weighted by atomic mass is 9.82. The topological polar surface area (TPSA) is 135 Å². The van der Waals surface area contributed by atoms with E-state index >= 15 is 0 Å². The lowest BCUT2D eigenvalue weighted by Crippen LogP contribution is -2.32. The minimum Gasteiger partial charge on any atom is -0.483 e. The van der Waals surface area contributed by atoms with Crippen molar-refractivity contribution in [3.8, 4) is 5.75 Å². The zero-order valence-electron chi connectivity index (χ0n) is 24.9. The first kappa shape index (κ1) is 30.5. The Kier molecular flexibility index (Phi) is 8.12. The van der Waals surface area contributed by atoms with E-state index in [1.165, 1.54) is 12.1 Å². The van der Waals surface area contributed by atoms with Crippen LogP contribution in [0.25, 0.3) is 10.8 Å². The van der Waals surface area contributed by atoms with E-state index in [1.807, 2.05) is 42.5 Å². The summed E-state index contributed by atoms with van der Waals surface area (Å²) in [5.41, 5.74) is 1.84. The maximum absolute atomic E-state index is 14.2. The molecule has 236 valence electrons. The highest BCUT2D eigenvalue weighted by Gasteiger charge is 2.56. The molecule has 12 heteroatoms. The number of ether oxygens (including phenoxy) is 2. The van der Waals surface area contributed by atoms with E-state index in [0.29, 0.717) is 38.2 Å². The number of esters is 1. The van der Waals surface area contributed by atoms with E-state index in [0.717, 1.165) is 38.8 Å². The summed E-state index contributed by atoms with van der Waals surface area (Å²) < 4.78 is 11.1. The van der Waals surface area contributed by atoms with Gasteiger partial charge in [-0.15, -0.1) is 0 Å². The Morgan fingerprint density at radius 1 is 0.894 bits per heavy atom. The number of H-pyrrole nitrogens is 1. The van der Waals surface area contributed by atoms with Crippen molar-refractivity contribution in [2.24, 2.45) is 5.92 Å². The summed E-state index contributed by atoms with van der Waals surface area (Å²) in [7, 11) is 0. The molecule has 0 bridgehead atoms. The minimum absolute atomic E-state index is 0.220. The van der Waals surface area contributed by atoms with Crippen LogP contribution in [0, 0.1) is 5.92 Å². The number of anilines is 2. The molecule has 4 aromatic carbocycles. The molecule has 1 aromatic heterocycles. The number of rotatable bonds is 8. The number of nitrogens with one attached hydrogen (secondary N) is 2. The van der Waals surface area contributed by atoms with Gasteiger partial charge >= 0.3 is 10.8 Å². The molecular formula is C35H27N3O7S2. The van der Waals surface area contributed by atoms with Crippen molar-refractivity contribution in [1.29, 1.82) is 0 Å². The van der Waals surface area contributed by atoms with Crippen LogP contribution < -0.4 is 19.8 Å². The average Bonchev–Trinajstić information content (AvgIpc) is 3.57. The normalized spacial score (nSPS) is 18.5. The average molecular weight is 666 g/mol. The Morgan fingerprint density at radius 2 is 1.64 bits per heavy atom. The summed E-state index contributed by atoms with van der Waals surface area (Å²) in [6.07, 6.45) is 0. The van der Waals surface area contributed by atoms with Gasteiger partial charge in [-0.3, -0.25) is 19.2 Å². The number of fused-ring (bicyclic) bond motifs is 3. The van der Waals surface area contributed by atoms with Crippen LogP contribution in [0.15, 0.2) is 101 Å². The molecule has 3 unspecified atom stereocenters. The second-order valence-corrected chi connectivity index (χ2v) is 13.1. The standard InChI is InChI=1S/C35H27N3O7S2/c1-2-44-34(42)20-12-15-23(16-13-20)38-32(40)28-27(29-31(37-35(43)47-29)46-30(28)33(38)41)24-9-5-6-10-25(24)45-18-26(39)36-22-14-11-19-7-3-4-8-21(19)17-22/h3-17,27-28,30H,2,18H2,1H3,(H,36,39)(H,37,43). The Hall–Kier alpha value is -5.20. The van der Waals surface area contributed by atoms with Crippen LogP contribution in [-0.4, -0.2) is 47.1 Å². The molecule has 7 rings (SSSR count). The van der Waals surface area contributed by atoms with E-state index in [4.69, 9.17) is 9.47 Å². The van der Waals surface area contributed by atoms with Gasteiger partial charge in [-0.1, -0.05) is 71.6 Å². The zero-order valence-corrected chi connectivity index (χ0v) is 26.6. The Labute approximate surface area is 276 Å². The van der Waals surface area contributed by atoms with Crippen LogP contribution in [-0.2, 0) is 19.1 Å². The van der Waals surface area contributed by atoms with Crippen LogP contribution in [0.1, 0.15) is 33.6 Å². The third-order valence-electron chi connectivity index (χ3n) is 8.11. The van der Waals surface area contributed by atoms with Crippen molar-refractivity contribution in [3.63, 3.8) is 0 Å². The summed E-state index contributed by atoms with van der Waals surface area (Å²) in [6, 6.07) is 26.6. The number of hydrogen-bond donors (Lipinski definition) is 2. The van der Waals surface area contributed by atoms with Crippen LogP contribution in [0.5, 0.6) is 5.75 Å².